The van der Waals surface area contributed by atoms with E-state index in [2.05, 4.69) is 29.2 Å². The molecule has 1 aliphatic heterocycles. The molecule has 28 heavy (non-hydrogen) atoms. The largest absolute Gasteiger partial charge is 0.436 e. The summed E-state index contributed by atoms with van der Waals surface area (Å²) in [5, 5.41) is 2.98. The topological polar surface area (TPSA) is 61.6 Å². The predicted octanol–water partition coefficient (Wildman–Crippen LogP) is 4.30. The monoisotopic (exact) mass is 378 g/mol. The average molecular weight is 378 g/mol. The van der Waals surface area contributed by atoms with Gasteiger partial charge in [-0.1, -0.05) is 25.1 Å². The quantitative estimate of drug-likeness (QED) is 0.735. The maximum atomic E-state index is 12.6. The fraction of sp³-hybridized carbons (Fsp3) is 0.364. The van der Waals surface area contributed by atoms with Crippen molar-refractivity contribution in [2.75, 3.05) is 39.0 Å². The number of amides is 2. The Bertz CT molecular complexity index is 985. The molecule has 6 heteroatoms. The summed E-state index contributed by atoms with van der Waals surface area (Å²) in [4.78, 5) is 21.3. The van der Waals surface area contributed by atoms with Gasteiger partial charge in [0.1, 0.15) is 5.52 Å². The van der Waals surface area contributed by atoms with E-state index in [4.69, 9.17) is 4.42 Å². The zero-order valence-corrected chi connectivity index (χ0v) is 16.6. The maximum Gasteiger partial charge on any atom is 0.321 e. The SMILES string of the molecule is CN1CCC(C)(CN(C)C(=O)Nc2ccc3oc(-c4ccccc4)nc3c2)C1. The third-order valence-electron chi connectivity index (χ3n) is 5.37. The lowest BCUT2D eigenvalue weighted by molar-refractivity contribution is 0.188. The summed E-state index contributed by atoms with van der Waals surface area (Å²) in [5.41, 5.74) is 3.21. The van der Waals surface area contributed by atoms with Crippen molar-refractivity contribution >= 4 is 22.8 Å². The van der Waals surface area contributed by atoms with Gasteiger partial charge in [0.2, 0.25) is 5.89 Å². The Morgan fingerprint density at radius 2 is 2.07 bits per heavy atom. The molecule has 6 nitrogen and oxygen atoms in total. The van der Waals surface area contributed by atoms with E-state index in [1.807, 2.05) is 55.6 Å². The average Bonchev–Trinajstić information content (AvgIpc) is 3.25. The summed E-state index contributed by atoms with van der Waals surface area (Å²) >= 11 is 0. The number of anilines is 1. The molecule has 1 N–H and O–H groups in total. The minimum atomic E-state index is -0.109. The van der Waals surface area contributed by atoms with Crippen molar-refractivity contribution in [1.82, 2.24) is 14.8 Å². The molecule has 146 valence electrons. The number of nitrogens with one attached hydrogen (secondary N) is 1. The highest BCUT2D eigenvalue weighted by molar-refractivity contribution is 5.91. The van der Waals surface area contributed by atoms with Crippen LogP contribution < -0.4 is 5.32 Å². The molecule has 1 saturated heterocycles. The third-order valence-corrected chi connectivity index (χ3v) is 5.37. The van der Waals surface area contributed by atoms with Crippen molar-refractivity contribution < 1.29 is 9.21 Å². The zero-order valence-electron chi connectivity index (χ0n) is 16.6. The van der Waals surface area contributed by atoms with Crippen molar-refractivity contribution in [2.45, 2.75) is 13.3 Å². The molecule has 1 fully saturated rings. The number of hydrogen-bond acceptors (Lipinski definition) is 4. The molecule has 2 aromatic carbocycles. The van der Waals surface area contributed by atoms with Crippen molar-refractivity contribution in [3.8, 4) is 11.5 Å². The van der Waals surface area contributed by atoms with Gasteiger partial charge in [0.05, 0.1) is 0 Å². The lowest BCUT2D eigenvalue weighted by Crippen LogP contribution is -2.40. The molecule has 1 unspecified atom stereocenters. The molecule has 0 saturated carbocycles. The van der Waals surface area contributed by atoms with Crippen LogP contribution in [-0.4, -0.2) is 54.5 Å². The van der Waals surface area contributed by atoms with Crippen molar-refractivity contribution in [3.63, 3.8) is 0 Å². The number of carbonyl (C=O) groups excluding carboxylic acids is 1. The first-order valence-electron chi connectivity index (χ1n) is 9.59. The van der Waals surface area contributed by atoms with E-state index in [1.165, 1.54) is 0 Å². The maximum absolute atomic E-state index is 12.6. The van der Waals surface area contributed by atoms with Gasteiger partial charge in [0, 0.05) is 31.4 Å². The predicted molar refractivity (Wildman–Crippen MR) is 111 cm³/mol. The first kappa shape index (κ1) is 18.5. The highest BCUT2D eigenvalue weighted by atomic mass is 16.3. The first-order chi connectivity index (χ1) is 13.4. The van der Waals surface area contributed by atoms with Gasteiger partial charge in [-0.3, -0.25) is 0 Å². The minimum absolute atomic E-state index is 0.109. The van der Waals surface area contributed by atoms with Gasteiger partial charge in [-0.25, -0.2) is 9.78 Å². The van der Waals surface area contributed by atoms with Crippen LogP contribution in [0.5, 0.6) is 0 Å². The van der Waals surface area contributed by atoms with Crippen molar-refractivity contribution in [3.05, 3.63) is 48.5 Å². The second-order valence-electron chi connectivity index (χ2n) is 8.15. The number of rotatable bonds is 4. The number of fused-ring (bicyclic) bond motifs is 1. The van der Waals surface area contributed by atoms with Crippen LogP contribution in [0.2, 0.25) is 0 Å². The number of aromatic nitrogens is 1. The van der Waals surface area contributed by atoms with Crippen LogP contribution in [0.25, 0.3) is 22.6 Å². The van der Waals surface area contributed by atoms with E-state index in [-0.39, 0.29) is 11.4 Å². The number of carbonyl (C=O) groups is 1. The number of likely N-dealkylation sites (tertiary alicyclic amines) is 1. The van der Waals surface area contributed by atoms with Gasteiger partial charge in [-0.15, -0.1) is 0 Å². The fourth-order valence-corrected chi connectivity index (χ4v) is 3.97. The summed E-state index contributed by atoms with van der Waals surface area (Å²) in [5.74, 6) is 0.578. The third kappa shape index (κ3) is 3.87. The van der Waals surface area contributed by atoms with E-state index in [0.717, 1.165) is 37.1 Å². The summed E-state index contributed by atoms with van der Waals surface area (Å²) in [6, 6.07) is 15.2. The van der Waals surface area contributed by atoms with Gasteiger partial charge >= 0.3 is 6.03 Å². The second kappa shape index (κ2) is 7.28. The van der Waals surface area contributed by atoms with Crippen LogP contribution in [0.3, 0.4) is 0 Å². The molecule has 1 atom stereocenters. The summed E-state index contributed by atoms with van der Waals surface area (Å²) < 4.78 is 5.83. The van der Waals surface area contributed by atoms with Crippen LogP contribution in [0.15, 0.2) is 52.9 Å². The van der Waals surface area contributed by atoms with Gasteiger partial charge < -0.3 is 19.5 Å². The lowest BCUT2D eigenvalue weighted by Gasteiger charge is -2.30. The van der Waals surface area contributed by atoms with E-state index in [0.29, 0.717) is 17.2 Å². The van der Waals surface area contributed by atoms with Crippen LogP contribution in [0.1, 0.15) is 13.3 Å². The molecule has 1 aliphatic rings. The van der Waals surface area contributed by atoms with Crippen LogP contribution >= 0.6 is 0 Å². The van der Waals surface area contributed by atoms with E-state index in [1.54, 1.807) is 4.90 Å². The normalized spacial score (nSPS) is 19.8. The Kier molecular flexibility index (Phi) is 4.81. The van der Waals surface area contributed by atoms with Gasteiger partial charge in [-0.2, -0.15) is 0 Å². The molecule has 0 spiro atoms. The summed E-state index contributed by atoms with van der Waals surface area (Å²) in [7, 11) is 3.98. The molecule has 2 heterocycles. The summed E-state index contributed by atoms with van der Waals surface area (Å²) in [6.45, 7) is 5.07. The molecule has 0 aliphatic carbocycles. The van der Waals surface area contributed by atoms with Gasteiger partial charge in [0.15, 0.2) is 5.58 Å². The lowest BCUT2D eigenvalue weighted by atomic mass is 9.89. The Labute approximate surface area is 165 Å². The fourth-order valence-electron chi connectivity index (χ4n) is 3.97. The van der Waals surface area contributed by atoms with E-state index < -0.39 is 0 Å². The van der Waals surface area contributed by atoms with Gasteiger partial charge in [0.25, 0.3) is 0 Å². The van der Waals surface area contributed by atoms with Crippen molar-refractivity contribution in [2.24, 2.45) is 5.41 Å². The van der Waals surface area contributed by atoms with Crippen molar-refractivity contribution in [1.29, 1.82) is 0 Å². The molecule has 3 aromatic rings. The Morgan fingerprint density at radius 3 is 2.79 bits per heavy atom. The first-order valence-corrected chi connectivity index (χ1v) is 9.59. The molecule has 0 radical (unpaired) electrons. The number of nitrogens with zero attached hydrogens (tertiary/aromatic N) is 3. The Balaban J connectivity index is 1.46. The molecular weight excluding hydrogens is 352 g/mol. The molecule has 2 amide bonds. The Hall–Kier alpha value is -2.86. The number of benzene rings is 2. The van der Waals surface area contributed by atoms with E-state index >= 15 is 0 Å². The second-order valence-corrected chi connectivity index (χ2v) is 8.15. The van der Waals surface area contributed by atoms with E-state index in [9.17, 15) is 4.79 Å². The number of oxazole rings is 1. The molecule has 1 aromatic heterocycles. The highest BCUT2D eigenvalue weighted by Gasteiger charge is 2.34. The molecule has 0 bridgehead atoms. The van der Waals surface area contributed by atoms with Crippen LogP contribution in [0, 0.1) is 5.41 Å². The van der Waals surface area contributed by atoms with Crippen LogP contribution in [0.4, 0.5) is 10.5 Å². The smallest absolute Gasteiger partial charge is 0.321 e. The summed E-state index contributed by atoms with van der Waals surface area (Å²) in [6.07, 6.45) is 1.11. The Morgan fingerprint density at radius 1 is 1.29 bits per heavy atom. The highest BCUT2D eigenvalue weighted by Crippen LogP contribution is 2.30. The minimum Gasteiger partial charge on any atom is -0.436 e. The standard InChI is InChI=1S/C22H26N4O2/c1-22(11-12-25(2)14-22)15-26(3)21(27)23-17-9-10-19-18(13-17)24-20(28-19)16-7-5-4-6-8-16/h4-10,13H,11-12,14-15H2,1-3H3,(H,23,27). The molecular formula is C22H26N4O2. The van der Waals surface area contributed by atoms with Gasteiger partial charge in [-0.05, 0) is 55.8 Å². The number of urea groups is 1. The molecule has 4 rings (SSSR count). The zero-order chi connectivity index (χ0) is 19.7. The number of hydrogen-bond donors (Lipinski definition) is 1. The van der Waals surface area contributed by atoms with Crippen LogP contribution in [-0.2, 0) is 0 Å².